The smallest absolute Gasteiger partial charge is 0.228 e. The van der Waals surface area contributed by atoms with Crippen LogP contribution in [0.5, 0.6) is 0 Å². The van der Waals surface area contributed by atoms with Gasteiger partial charge in [0, 0.05) is 11.1 Å². The molecule has 1 rings (SSSR count). The average Bonchev–Trinajstić information content (AvgIpc) is 2.70. The number of ether oxygens (including phenoxy) is 2. The Bertz CT molecular complexity index is 557. The molecule has 1 aliphatic carbocycles. The molecule has 0 unspecified atom stereocenters. The van der Waals surface area contributed by atoms with Crippen LogP contribution >= 0.6 is 0 Å². The Kier molecular flexibility index (Phi) is 12.6. The molecule has 0 N–H and O–H groups in total. The molecule has 4 nitrogen and oxygen atoms in total. The Balaban J connectivity index is 2.17. The minimum Gasteiger partial charge on any atom is -0.489 e. The third-order valence-electron chi connectivity index (χ3n) is 5.62. The van der Waals surface area contributed by atoms with Crippen LogP contribution in [0.3, 0.4) is 0 Å². The number of Topliss-reactive ketones (excluding diaryl/α,β-unsaturated/α-hetero) is 2. The van der Waals surface area contributed by atoms with Gasteiger partial charge in [-0.3, -0.25) is 9.59 Å². The predicted octanol–water partition coefficient (Wildman–Crippen LogP) is 6.44. The quantitative estimate of drug-likeness (QED) is 0.224. The number of unbranched alkanes of at least 4 members (excludes halogenated alkanes) is 12. The van der Waals surface area contributed by atoms with Gasteiger partial charge in [-0.2, -0.15) is 0 Å². The maximum atomic E-state index is 12.6. The molecule has 0 amide bonds. The van der Waals surface area contributed by atoms with Crippen molar-refractivity contribution in [1.82, 2.24) is 0 Å². The summed E-state index contributed by atoms with van der Waals surface area (Å²) in [6.45, 7) is 3.97. The summed E-state index contributed by atoms with van der Waals surface area (Å²) in [7, 11) is 2.80. The van der Waals surface area contributed by atoms with E-state index in [-0.39, 0.29) is 23.1 Å². The van der Waals surface area contributed by atoms with Crippen LogP contribution in [0.15, 0.2) is 22.7 Å². The first-order valence-corrected chi connectivity index (χ1v) is 11.2. The molecule has 28 heavy (non-hydrogen) atoms. The van der Waals surface area contributed by atoms with E-state index in [1.165, 1.54) is 84.8 Å². The van der Waals surface area contributed by atoms with Crippen LogP contribution in [-0.4, -0.2) is 25.8 Å². The molecule has 0 aromatic rings. The lowest BCUT2D eigenvalue weighted by Gasteiger charge is -2.20. The largest absolute Gasteiger partial charge is 0.489 e. The molecule has 4 heteroatoms. The molecule has 0 radical (unpaired) electrons. The van der Waals surface area contributed by atoms with Crippen LogP contribution < -0.4 is 0 Å². The topological polar surface area (TPSA) is 52.6 Å². The van der Waals surface area contributed by atoms with Gasteiger partial charge in [0.1, 0.15) is 0 Å². The standard InChI is InChI=1S/C24H40O4/c1-5-6-7-8-9-10-11-12-13-14-15-16-17-18-20-19(2)21(25)23(27-3)24(28-4)22(20)26/h5-18H2,1-4H3. The molecule has 0 aromatic heterocycles. The van der Waals surface area contributed by atoms with Gasteiger partial charge in [0.25, 0.3) is 0 Å². The van der Waals surface area contributed by atoms with Crippen LogP contribution in [0, 0.1) is 0 Å². The molecule has 0 saturated carbocycles. The molecule has 0 bridgehead atoms. The molecule has 1 aliphatic rings. The summed E-state index contributed by atoms with van der Waals surface area (Å²) in [5.74, 6) is -0.360. The maximum absolute atomic E-state index is 12.6. The number of methoxy groups -OCH3 is 2. The monoisotopic (exact) mass is 392 g/mol. The maximum Gasteiger partial charge on any atom is 0.228 e. The van der Waals surface area contributed by atoms with Crippen LogP contribution in [-0.2, 0) is 19.1 Å². The highest BCUT2D eigenvalue weighted by atomic mass is 16.5. The first kappa shape index (κ1) is 24.5. The zero-order chi connectivity index (χ0) is 20.8. The van der Waals surface area contributed by atoms with Crippen molar-refractivity contribution in [3.63, 3.8) is 0 Å². The van der Waals surface area contributed by atoms with Gasteiger partial charge in [0.2, 0.25) is 23.1 Å². The Labute approximate surface area is 171 Å². The van der Waals surface area contributed by atoms with Crippen molar-refractivity contribution in [1.29, 1.82) is 0 Å². The summed E-state index contributed by atoms with van der Waals surface area (Å²) >= 11 is 0. The van der Waals surface area contributed by atoms with Gasteiger partial charge in [-0.25, -0.2) is 0 Å². The molecular weight excluding hydrogens is 352 g/mol. The number of carbonyl (C=O) groups is 2. The van der Waals surface area contributed by atoms with E-state index in [0.29, 0.717) is 17.6 Å². The van der Waals surface area contributed by atoms with Crippen molar-refractivity contribution in [2.24, 2.45) is 0 Å². The second-order valence-electron chi connectivity index (χ2n) is 7.82. The molecule has 0 atom stereocenters. The van der Waals surface area contributed by atoms with Crippen molar-refractivity contribution < 1.29 is 19.1 Å². The lowest BCUT2D eigenvalue weighted by molar-refractivity contribution is -0.121. The Morgan fingerprint density at radius 1 is 0.607 bits per heavy atom. The van der Waals surface area contributed by atoms with Gasteiger partial charge >= 0.3 is 0 Å². The summed E-state index contributed by atoms with van der Waals surface area (Å²) in [5.41, 5.74) is 1.09. The number of hydrogen-bond donors (Lipinski definition) is 0. The third kappa shape index (κ3) is 7.81. The highest BCUT2D eigenvalue weighted by molar-refractivity contribution is 6.23. The van der Waals surface area contributed by atoms with Crippen LogP contribution in [0.25, 0.3) is 0 Å². The van der Waals surface area contributed by atoms with E-state index in [0.717, 1.165) is 12.8 Å². The molecule has 0 saturated heterocycles. The summed E-state index contributed by atoms with van der Waals surface area (Å²) in [4.78, 5) is 24.9. The number of hydrogen-bond acceptors (Lipinski definition) is 4. The SMILES string of the molecule is CCCCCCCCCCCCCCCC1=C(C)C(=O)C(OC)=C(OC)C1=O. The third-order valence-corrected chi connectivity index (χ3v) is 5.62. The van der Waals surface area contributed by atoms with Crippen molar-refractivity contribution >= 4 is 11.6 Å². The second-order valence-corrected chi connectivity index (χ2v) is 7.82. The van der Waals surface area contributed by atoms with Gasteiger partial charge in [-0.1, -0.05) is 84.0 Å². The molecule has 0 heterocycles. The minimum atomic E-state index is -0.233. The minimum absolute atomic E-state index is 0.0270. The van der Waals surface area contributed by atoms with Crippen molar-refractivity contribution in [2.45, 2.75) is 104 Å². The summed E-state index contributed by atoms with van der Waals surface area (Å²) in [6.07, 6.45) is 17.4. The van der Waals surface area contributed by atoms with E-state index in [1.54, 1.807) is 6.92 Å². The van der Waals surface area contributed by atoms with E-state index >= 15 is 0 Å². The van der Waals surface area contributed by atoms with Crippen LogP contribution in [0.1, 0.15) is 104 Å². The fraction of sp³-hybridized carbons (Fsp3) is 0.750. The molecule has 0 aliphatic heterocycles. The number of allylic oxidation sites excluding steroid dienone is 2. The van der Waals surface area contributed by atoms with E-state index in [2.05, 4.69) is 6.92 Å². The zero-order valence-corrected chi connectivity index (χ0v) is 18.5. The molecule has 0 spiro atoms. The molecular formula is C24H40O4. The van der Waals surface area contributed by atoms with E-state index in [9.17, 15) is 9.59 Å². The number of ketones is 2. The lowest BCUT2D eigenvalue weighted by atomic mass is 9.89. The van der Waals surface area contributed by atoms with Gasteiger partial charge in [-0.15, -0.1) is 0 Å². The molecule has 160 valence electrons. The van der Waals surface area contributed by atoms with Gasteiger partial charge < -0.3 is 9.47 Å². The Morgan fingerprint density at radius 3 is 1.43 bits per heavy atom. The van der Waals surface area contributed by atoms with Gasteiger partial charge in [0.05, 0.1) is 14.2 Å². The predicted molar refractivity (Wildman–Crippen MR) is 114 cm³/mol. The highest BCUT2D eigenvalue weighted by Gasteiger charge is 2.34. The zero-order valence-electron chi connectivity index (χ0n) is 18.5. The van der Waals surface area contributed by atoms with Crippen molar-refractivity contribution in [3.05, 3.63) is 22.7 Å². The number of carbonyl (C=O) groups excluding carboxylic acids is 2. The highest BCUT2D eigenvalue weighted by Crippen LogP contribution is 2.28. The van der Waals surface area contributed by atoms with Gasteiger partial charge in [-0.05, 0) is 19.8 Å². The van der Waals surface area contributed by atoms with Gasteiger partial charge in [0.15, 0.2) is 0 Å². The van der Waals surface area contributed by atoms with E-state index < -0.39 is 0 Å². The lowest BCUT2D eigenvalue weighted by Crippen LogP contribution is -2.25. The summed E-state index contributed by atoms with van der Waals surface area (Å²) in [5, 5.41) is 0. The van der Waals surface area contributed by atoms with Crippen molar-refractivity contribution in [2.75, 3.05) is 14.2 Å². The van der Waals surface area contributed by atoms with E-state index in [4.69, 9.17) is 9.47 Å². The Morgan fingerprint density at radius 2 is 1.00 bits per heavy atom. The van der Waals surface area contributed by atoms with Crippen LogP contribution in [0.4, 0.5) is 0 Å². The fourth-order valence-corrected chi connectivity index (χ4v) is 3.81. The summed E-state index contributed by atoms with van der Waals surface area (Å²) in [6, 6.07) is 0. The fourth-order valence-electron chi connectivity index (χ4n) is 3.81. The van der Waals surface area contributed by atoms with Crippen molar-refractivity contribution in [3.8, 4) is 0 Å². The first-order valence-electron chi connectivity index (χ1n) is 11.2. The van der Waals surface area contributed by atoms with E-state index in [1.807, 2.05) is 0 Å². The first-order chi connectivity index (χ1) is 13.6. The normalized spacial score (nSPS) is 14.9. The van der Waals surface area contributed by atoms with Crippen LogP contribution in [0.2, 0.25) is 0 Å². The molecule has 0 aromatic carbocycles. The molecule has 0 fully saturated rings. The average molecular weight is 393 g/mol. The summed E-state index contributed by atoms with van der Waals surface area (Å²) < 4.78 is 10.2. The number of rotatable bonds is 16. The second kappa shape index (κ2) is 14.4. The Hall–Kier alpha value is -1.58.